The highest BCUT2D eigenvalue weighted by atomic mass is 16.5. The molecule has 0 aliphatic rings. The smallest absolute Gasteiger partial charge is 0.237 e. The number of aliphatic hydroxyl groups excluding tert-OH is 1. The Hall–Kier alpha value is -1.59. The van der Waals surface area contributed by atoms with Gasteiger partial charge in [0.25, 0.3) is 0 Å². The van der Waals surface area contributed by atoms with Gasteiger partial charge in [0.2, 0.25) is 5.91 Å². The third-order valence-electron chi connectivity index (χ3n) is 3.61. The molecule has 0 aromatic heterocycles. The minimum absolute atomic E-state index is 0.0671. The molecule has 5 heteroatoms. The van der Waals surface area contributed by atoms with Crippen LogP contribution in [0.1, 0.15) is 31.9 Å². The highest BCUT2D eigenvalue weighted by Gasteiger charge is 2.23. The zero-order valence-corrected chi connectivity index (χ0v) is 13.5. The van der Waals surface area contributed by atoms with E-state index in [1.165, 1.54) is 0 Å². The van der Waals surface area contributed by atoms with Gasteiger partial charge in [-0.15, -0.1) is 0 Å². The van der Waals surface area contributed by atoms with Crippen LogP contribution in [0.25, 0.3) is 0 Å². The molecule has 0 radical (unpaired) electrons. The number of methoxy groups -OCH3 is 1. The normalized spacial score (nSPS) is 15.4. The number of likely N-dealkylation sites (N-methyl/N-ethyl adjacent to an activating group) is 1. The van der Waals surface area contributed by atoms with Gasteiger partial charge in [0.15, 0.2) is 0 Å². The van der Waals surface area contributed by atoms with Gasteiger partial charge in [-0.2, -0.15) is 0 Å². The average molecular weight is 294 g/mol. The molecule has 0 heterocycles. The van der Waals surface area contributed by atoms with Crippen LogP contribution in [-0.4, -0.2) is 49.2 Å². The number of amides is 1. The molecule has 3 atom stereocenters. The Bertz CT molecular complexity index is 445. The van der Waals surface area contributed by atoms with Crippen molar-refractivity contribution >= 4 is 5.91 Å². The summed E-state index contributed by atoms with van der Waals surface area (Å²) in [5, 5.41) is 13.2. The highest BCUT2D eigenvalue weighted by molar-refractivity contribution is 5.81. The standard InChI is InChI=1S/C16H26N2O3/c1-6-14(18(3)4)16(20)17-11(2)15(19)12-7-9-13(21-5)10-8-12/h7-11,14-15,19H,6H2,1-5H3,(H,17,20). The van der Waals surface area contributed by atoms with Gasteiger partial charge in [0.1, 0.15) is 5.75 Å². The van der Waals surface area contributed by atoms with Gasteiger partial charge in [0.05, 0.1) is 25.3 Å². The first-order valence-electron chi connectivity index (χ1n) is 7.19. The number of aliphatic hydroxyl groups is 1. The topological polar surface area (TPSA) is 61.8 Å². The summed E-state index contributed by atoms with van der Waals surface area (Å²) in [5.74, 6) is 0.670. The fourth-order valence-electron chi connectivity index (χ4n) is 2.27. The first kappa shape index (κ1) is 17.5. The number of carbonyl (C=O) groups is 1. The van der Waals surface area contributed by atoms with Crippen molar-refractivity contribution in [3.05, 3.63) is 29.8 Å². The molecule has 0 bridgehead atoms. The van der Waals surface area contributed by atoms with E-state index >= 15 is 0 Å². The SMILES string of the molecule is CCC(C(=O)NC(C)C(O)c1ccc(OC)cc1)N(C)C. The predicted molar refractivity (Wildman–Crippen MR) is 83.3 cm³/mol. The van der Waals surface area contributed by atoms with E-state index in [0.717, 1.165) is 17.7 Å². The van der Waals surface area contributed by atoms with E-state index in [0.29, 0.717) is 0 Å². The van der Waals surface area contributed by atoms with E-state index in [1.807, 2.05) is 25.9 Å². The number of hydrogen-bond acceptors (Lipinski definition) is 4. The monoisotopic (exact) mass is 294 g/mol. The molecule has 1 rings (SSSR count). The van der Waals surface area contributed by atoms with Gasteiger partial charge in [-0.3, -0.25) is 9.69 Å². The van der Waals surface area contributed by atoms with Crippen molar-refractivity contribution in [1.29, 1.82) is 0 Å². The van der Waals surface area contributed by atoms with Crippen LogP contribution in [0.15, 0.2) is 24.3 Å². The molecule has 21 heavy (non-hydrogen) atoms. The van der Waals surface area contributed by atoms with E-state index in [1.54, 1.807) is 38.3 Å². The van der Waals surface area contributed by atoms with Crippen LogP contribution in [0.3, 0.4) is 0 Å². The summed E-state index contributed by atoms with van der Waals surface area (Å²) in [5.41, 5.74) is 0.751. The van der Waals surface area contributed by atoms with Gasteiger partial charge in [-0.1, -0.05) is 19.1 Å². The van der Waals surface area contributed by atoms with Gasteiger partial charge >= 0.3 is 0 Å². The van der Waals surface area contributed by atoms with Crippen LogP contribution in [0, 0.1) is 0 Å². The summed E-state index contributed by atoms with van der Waals surface area (Å²) in [7, 11) is 5.34. The van der Waals surface area contributed by atoms with Crippen LogP contribution in [0.4, 0.5) is 0 Å². The van der Waals surface area contributed by atoms with Gasteiger partial charge < -0.3 is 15.2 Å². The first-order valence-corrected chi connectivity index (χ1v) is 7.19. The molecule has 0 aliphatic carbocycles. The Labute approximate surface area is 126 Å². The Morgan fingerprint density at radius 2 is 1.90 bits per heavy atom. The van der Waals surface area contributed by atoms with Gasteiger partial charge in [-0.25, -0.2) is 0 Å². The first-order chi connectivity index (χ1) is 9.90. The van der Waals surface area contributed by atoms with E-state index in [4.69, 9.17) is 4.74 Å². The molecule has 0 saturated heterocycles. The van der Waals surface area contributed by atoms with E-state index < -0.39 is 6.10 Å². The minimum atomic E-state index is -0.750. The van der Waals surface area contributed by atoms with E-state index in [9.17, 15) is 9.90 Å². The molecule has 3 unspecified atom stereocenters. The average Bonchev–Trinajstić information content (AvgIpc) is 2.46. The number of benzene rings is 1. The third kappa shape index (κ3) is 4.72. The van der Waals surface area contributed by atoms with Crippen LogP contribution >= 0.6 is 0 Å². The Morgan fingerprint density at radius 1 is 1.33 bits per heavy atom. The summed E-state index contributed by atoms with van der Waals surface area (Å²) in [6.07, 6.45) is -0.0241. The molecule has 0 aliphatic heterocycles. The fraction of sp³-hybridized carbons (Fsp3) is 0.562. The summed E-state index contributed by atoms with van der Waals surface area (Å²) < 4.78 is 5.09. The lowest BCUT2D eigenvalue weighted by molar-refractivity contribution is -0.127. The lowest BCUT2D eigenvalue weighted by Gasteiger charge is -2.26. The molecule has 1 aromatic rings. The maximum absolute atomic E-state index is 12.2. The van der Waals surface area contributed by atoms with Crippen LogP contribution in [0.2, 0.25) is 0 Å². The molecule has 0 fully saturated rings. The zero-order valence-electron chi connectivity index (χ0n) is 13.5. The maximum atomic E-state index is 12.2. The van der Waals surface area contributed by atoms with E-state index in [2.05, 4.69) is 5.32 Å². The van der Waals surface area contributed by atoms with Gasteiger partial charge in [-0.05, 0) is 45.1 Å². The molecule has 5 nitrogen and oxygen atoms in total. The number of nitrogens with one attached hydrogen (secondary N) is 1. The Kier molecular flexibility index (Phi) is 6.65. The lowest BCUT2D eigenvalue weighted by Crippen LogP contribution is -2.47. The molecule has 118 valence electrons. The molecular weight excluding hydrogens is 268 g/mol. The third-order valence-corrected chi connectivity index (χ3v) is 3.61. The summed E-state index contributed by atoms with van der Waals surface area (Å²) in [4.78, 5) is 14.1. The second-order valence-electron chi connectivity index (χ2n) is 5.40. The van der Waals surface area contributed by atoms with Crippen LogP contribution in [-0.2, 0) is 4.79 Å². The van der Waals surface area contributed by atoms with Crippen molar-refractivity contribution in [2.45, 2.75) is 38.5 Å². The summed E-state index contributed by atoms with van der Waals surface area (Å²) >= 11 is 0. The van der Waals surface area contributed by atoms with Crippen molar-refractivity contribution < 1.29 is 14.6 Å². The lowest BCUT2D eigenvalue weighted by atomic mass is 10.0. The van der Waals surface area contributed by atoms with E-state index in [-0.39, 0.29) is 18.0 Å². The molecule has 0 saturated carbocycles. The minimum Gasteiger partial charge on any atom is -0.497 e. The van der Waals surface area contributed by atoms with Gasteiger partial charge in [0, 0.05) is 0 Å². The molecule has 1 aromatic carbocycles. The van der Waals surface area contributed by atoms with Crippen molar-refractivity contribution in [2.75, 3.05) is 21.2 Å². The Morgan fingerprint density at radius 3 is 2.33 bits per heavy atom. The molecule has 2 N–H and O–H groups in total. The number of hydrogen-bond donors (Lipinski definition) is 2. The van der Waals surface area contributed by atoms with Crippen LogP contribution < -0.4 is 10.1 Å². The quantitative estimate of drug-likeness (QED) is 0.801. The van der Waals surface area contributed by atoms with Crippen molar-refractivity contribution in [1.82, 2.24) is 10.2 Å². The predicted octanol–water partition coefficient (Wildman–Crippen LogP) is 1.57. The largest absolute Gasteiger partial charge is 0.497 e. The van der Waals surface area contributed by atoms with Crippen molar-refractivity contribution in [2.24, 2.45) is 0 Å². The van der Waals surface area contributed by atoms with Crippen LogP contribution in [0.5, 0.6) is 5.75 Å². The number of rotatable bonds is 7. The molecule has 0 spiro atoms. The number of ether oxygens (including phenoxy) is 1. The second-order valence-corrected chi connectivity index (χ2v) is 5.40. The maximum Gasteiger partial charge on any atom is 0.237 e. The van der Waals surface area contributed by atoms with Crippen molar-refractivity contribution in [3.63, 3.8) is 0 Å². The number of nitrogens with zero attached hydrogens (tertiary/aromatic N) is 1. The summed E-state index contributed by atoms with van der Waals surface area (Å²) in [6, 6.07) is 6.64. The molecule has 1 amide bonds. The second kappa shape index (κ2) is 8.00. The Balaban J connectivity index is 2.69. The number of carbonyl (C=O) groups excluding carboxylic acids is 1. The fourth-order valence-corrected chi connectivity index (χ4v) is 2.27. The van der Waals surface area contributed by atoms with Crippen molar-refractivity contribution in [3.8, 4) is 5.75 Å². The molecular formula is C16H26N2O3. The zero-order chi connectivity index (χ0) is 16.0. The summed E-state index contributed by atoms with van der Waals surface area (Å²) in [6.45, 7) is 3.77. The highest BCUT2D eigenvalue weighted by Crippen LogP contribution is 2.20.